The third-order valence-electron chi connectivity index (χ3n) is 3.94. The number of hydrogen-bond donors (Lipinski definition) is 0. The first-order valence-corrected chi connectivity index (χ1v) is 7.71. The van der Waals surface area contributed by atoms with Crippen molar-refractivity contribution in [2.75, 3.05) is 0 Å². The summed E-state index contributed by atoms with van der Waals surface area (Å²) in [7, 11) is 0. The molecule has 0 spiro atoms. The second-order valence-electron chi connectivity index (χ2n) is 5.27. The van der Waals surface area contributed by atoms with Gasteiger partial charge in [-0.15, -0.1) is 11.8 Å². The molecule has 1 fully saturated rings. The van der Waals surface area contributed by atoms with Gasteiger partial charge in [-0.05, 0) is 42.0 Å². The minimum Gasteiger partial charge on any atom is -0.289 e. The second kappa shape index (κ2) is 4.24. The molecule has 4 rings (SSSR count). The average Bonchev–Trinajstić information content (AvgIpc) is 3.28. The van der Waals surface area contributed by atoms with E-state index in [1.807, 2.05) is 18.2 Å². The van der Waals surface area contributed by atoms with Crippen LogP contribution in [0.4, 0.5) is 0 Å². The van der Waals surface area contributed by atoms with Gasteiger partial charge in [-0.3, -0.25) is 4.79 Å². The maximum Gasteiger partial charge on any atom is 0.194 e. The fourth-order valence-electron chi connectivity index (χ4n) is 2.82. The first-order chi connectivity index (χ1) is 9.34. The summed E-state index contributed by atoms with van der Waals surface area (Å²) in [5.41, 5.74) is 4.34. The van der Waals surface area contributed by atoms with E-state index in [2.05, 4.69) is 24.3 Å². The Kier molecular flexibility index (Phi) is 2.52. The van der Waals surface area contributed by atoms with Crippen molar-refractivity contribution in [2.24, 2.45) is 0 Å². The van der Waals surface area contributed by atoms with Crippen LogP contribution in [0.3, 0.4) is 0 Å². The van der Waals surface area contributed by atoms with Crippen LogP contribution in [0.15, 0.2) is 47.4 Å². The molecule has 2 aliphatic rings. The monoisotopic (exact) mass is 266 g/mol. The van der Waals surface area contributed by atoms with Gasteiger partial charge >= 0.3 is 0 Å². The van der Waals surface area contributed by atoms with Gasteiger partial charge in [0.15, 0.2) is 5.78 Å². The normalized spacial score (nSPS) is 17.6. The van der Waals surface area contributed by atoms with E-state index in [1.165, 1.54) is 24.0 Å². The molecule has 0 unspecified atom stereocenters. The number of ketones is 1. The lowest BCUT2D eigenvalue weighted by Gasteiger charge is -2.10. The molecule has 1 aliphatic carbocycles. The van der Waals surface area contributed by atoms with Crippen LogP contribution in [0.2, 0.25) is 0 Å². The third-order valence-corrected chi connectivity index (χ3v) is 5.06. The molecule has 0 atom stereocenters. The zero-order chi connectivity index (χ0) is 12.8. The van der Waals surface area contributed by atoms with Crippen molar-refractivity contribution in [1.29, 1.82) is 0 Å². The molecule has 1 heterocycles. The predicted octanol–water partition coefficient (Wildman–Crippen LogP) is 4.40. The number of carbonyl (C=O) groups excluding carboxylic acids is 1. The molecule has 2 aromatic carbocycles. The van der Waals surface area contributed by atoms with Gasteiger partial charge in [-0.25, -0.2) is 0 Å². The van der Waals surface area contributed by atoms with Gasteiger partial charge in [0.05, 0.1) is 0 Å². The highest BCUT2D eigenvalue weighted by Crippen LogP contribution is 2.45. The summed E-state index contributed by atoms with van der Waals surface area (Å²) in [5.74, 6) is 1.74. The molecule has 94 valence electrons. The van der Waals surface area contributed by atoms with Gasteiger partial charge < -0.3 is 0 Å². The summed E-state index contributed by atoms with van der Waals surface area (Å²) in [6, 6.07) is 14.4. The van der Waals surface area contributed by atoms with Crippen molar-refractivity contribution < 1.29 is 4.79 Å². The molecule has 0 radical (unpaired) electrons. The Hall–Kier alpha value is -1.54. The van der Waals surface area contributed by atoms with E-state index in [-0.39, 0.29) is 5.78 Å². The highest BCUT2D eigenvalue weighted by Gasteiger charge is 2.31. The number of thioether (sulfide) groups is 1. The van der Waals surface area contributed by atoms with Gasteiger partial charge in [0.2, 0.25) is 0 Å². The quantitative estimate of drug-likeness (QED) is 0.761. The fourth-order valence-corrected chi connectivity index (χ4v) is 3.86. The topological polar surface area (TPSA) is 17.1 Å². The van der Waals surface area contributed by atoms with Crippen LogP contribution in [0, 0.1) is 0 Å². The fraction of sp³-hybridized carbons (Fsp3) is 0.235. The molecule has 0 N–H and O–H groups in total. The maximum atomic E-state index is 12.9. The van der Waals surface area contributed by atoms with Crippen LogP contribution < -0.4 is 0 Å². The molecule has 1 saturated carbocycles. The van der Waals surface area contributed by atoms with E-state index < -0.39 is 0 Å². The van der Waals surface area contributed by atoms with Crippen molar-refractivity contribution in [1.82, 2.24) is 0 Å². The van der Waals surface area contributed by atoms with Crippen LogP contribution in [-0.2, 0) is 5.75 Å². The Morgan fingerprint density at radius 1 is 1.00 bits per heavy atom. The Balaban J connectivity index is 1.94. The second-order valence-corrected chi connectivity index (χ2v) is 6.29. The van der Waals surface area contributed by atoms with E-state index in [0.717, 1.165) is 21.8 Å². The average molecular weight is 266 g/mol. The lowest BCUT2D eigenvalue weighted by molar-refractivity contribution is 0.103. The number of carbonyl (C=O) groups is 1. The largest absolute Gasteiger partial charge is 0.289 e. The first-order valence-electron chi connectivity index (χ1n) is 6.73. The van der Waals surface area contributed by atoms with Gasteiger partial charge in [-0.2, -0.15) is 0 Å². The molecule has 1 nitrogen and oxygen atoms in total. The summed E-state index contributed by atoms with van der Waals surface area (Å²) in [6.07, 6.45) is 2.47. The summed E-state index contributed by atoms with van der Waals surface area (Å²) >= 11 is 1.78. The minimum absolute atomic E-state index is 0.220. The smallest absolute Gasteiger partial charge is 0.194 e. The van der Waals surface area contributed by atoms with E-state index >= 15 is 0 Å². The zero-order valence-electron chi connectivity index (χ0n) is 10.6. The highest BCUT2D eigenvalue weighted by atomic mass is 32.2. The predicted molar refractivity (Wildman–Crippen MR) is 77.9 cm³/mol. The summed E-state index contributed by atoms with van der Waals surface area (Å²) in [4.78, 5) is 14.0. The zero-order valence-corrected chi connectivity index (χ0v) is 11.4. The van der Waals surface area contributed by atoms with Crippen LogP contribution in [-0.4, -0.2) is 5.78 Å². The molecule has 2 heteroatoms. The third kappa shape index (κ3) is 1.82. The van der Waals surface area contributed by atoms with E-state index in [4.69, 9.17) is 0 Å². The molecular weight excluding hydrogens is 252 g/mol. The standard InChI is InChI=1S/C17H14OS/c18-17-14-5-1-2-7-15(14)19-10-12-4-3-6-13(16(12)17)11-8-9-11/h1-7,11H,8-10H2. The molecule has 0 aromatic heterocycles. The molecular formula is C17H14OS. The van der Waals surface area contributed by atoms with Crippen molar-refractivity contribution in [3.63, 3.8) is 0 Å². The Bertz CT molecular complexity index is 671. The minimum atomic E-state index is 0.220. The van der Waals surface area contributed by atoms with Crippen molar-refractivity contribution in [3.05, 3.63) is 64.7 Å². The molecule has 0 bridgehead atoms. The number of fused-ring (bicyclic) bond motifs is 2. The van der Waals surface area contributed by atoms with Crippen molar-refractivity contribution in [3.8, 4) is 0 Å². The summed E-state index contributed by atoms with van der Waals surface area (Å²) in [6.45, 7) is 0. The molecule has 1 aliphatic heterocycles. The number of rotatable bonds is 1. The van der Waals surface area contributed by atoms with Gasteiger partial charge in [0, 0.05) is 21.8 Å². The Morgan fingerprint density at radius 3 is 2.68 bits per heavy atom. The summed E-state index contributed by atoms with van der Waals surface area (Å²) < 4.78 is 0. The lowest BCUT2D eigenvalue weighted by atomic mass is 9.92. The Morgan fingerprint density at radius 2 is 1.84 bits per heavy atom. The van der Waals surface area contributed by atoms with Crippen LogP contribution in [0.25, 0.3) is 0 Å². The van der Waals surface area contributed by atoms with Gasteiger partial charge in [-0.1, -0.05) is 30.3 Å². The van der Waals surface area contributed by atoms with Crippen LogP contribution in [0.1, 0.15) is 45.8 Å². The van der Waals surface area contributed by atoms with E-state index in [1.54, 1.807) is 11.8 Å². The van der Waals surface area contributed by atoms with Crippen LogP contribution >= 0.6 is 11.8 Å². The summed E-state index contributed by atoms with van der Waals surface area (Å²) in [5, 5.41) is 0. The molecule has 19 heavy (non-hydrogen) atoms. The van der Waals surface area contributed by atoms with Crippen molar-refractivity contribution in [2.45, 2.75) is 29.4 Å². The number of benzene rings is 2. The van der Waals surface area contributed by atoms with Crippen molar-refractivity contribution >= 4 is 17.5 Å². The molecule has 0 amide bonds. The van der Waals surface area contributed by atoms with E-state index in [9.17, 15) is 4.79 Å². The van der Waals surface area contributed by atoms with Gasteiger partial charge in [0.25, 0.3) is 0 Å². The van der Waals surface area contributed by atoms with Gasteiger partial charge in [0.1, 0.15) is 0 Å². The lowest BCUT2D eigenvalue weighted by Crippen LogP contribution is -2.07. The highest BCUT2D eigenvalue weighted by molar-refractivity contribution is 7.98. The SMILES string of the molecule is O=C1c2ccccc2SCc2cccc(C3CC3)c21. The van der Waals surface area contributed by atoms with Crippen LogP contribution in [0.5, 0.6) is 0 Å². The van der Waals surface area contributed by atoms with E-state index in [0.29, 0.717) is 5.92 Å². The number of hydrogen-bond acceptors (Lipinski definition) is 2. The molecule has 2 aromatic rings. The maximum absolute atomic E-state index is 12.9. The molecule has 0 saturated heterocycles. The Labute approximate surface area is 117 Å². The first kappa shape index (κ1) is 11.3.